The number of anilines is 1. The molecule has 1 unspecified atom stereocenters. The van der Waals surface area contributed by atoms with Crippen molar-refractivity contribution in [3.63, 3.8) is 0 Å². The Bertz CT molecular complexity index is 1030. The van der Waals surface area contributed by atoms with Crippen LogP contribution in [0.5, 0.6) is 0 Å². The molecule has 1 aromatic heterocycles. The fourth-order valence-electron chi connectivity index (χ4n) is 4.16. The van der Waals surface area contributed by atoms with Gasteiger partial charge < -0.3 is 10.2 Å². The highest BCUT2D eigenvalue weighted by atomic mass is 19.1. The lowest BCUT2D eigenvalue weighted by atomic mass is 9.95. The maximum atomic E-state index is 13.6. The highest BCUT2D eigenvalue weighted by Crippen LogP contribution is 2.25. The molecular weight excluding hydrogens is 403 g/mol. The van der Waals surface area contributed by atoms with Crippen LogP contribution in [0.3, 0.4) is 0 Å². The number of hydrogen-bond donors (Lipinski definition) is 1. The van der Waals surface area contributed by atoms with Gasteiger partial charge in [0.1, 0.15) is 18.0 Å². The molecule has 0 aliphatic carbocycles. The first-order valence-corrected chi connectivity index (χ1v) is 11.3. The maximum Gasteiger partial charge on any atom is 0.223 e. The van der Waals surface area contributed by atoms with Crippen molar-refractivity contribution < 1.29 is 9.18 Å². The third kappa shape index (κ3) is 5.69. The lowest BCUT2D eigenvalue weighted by Gasteiger charge is -2.32. The van der Waals surface area contributed by atoms with E-state index in [9.17, 15) is 9.18 Å². The second-order valence-electron chi connectivity index (χ2n) is 8.47. The largest absolute Gasteiger partial charge is 0.356 e. The number of aromatic nitrogens is 2. The molecule has 0 radical (unpaired) electrons. The summed E-state index contributed by atoms with van der Waals surface area (Å²) in [6.45, 7) is 3.59. The first-order chi connectivity index (χ1) is 15.6. The van der Waals surface area contributed by atoms with Crippen LogP contribution in [-0.2, 0) is 11.2 Å². The number of amides is 1. The zero-order chi connectivity index (χ0) is 22.3. The first-order valence-electron chi connectivity index (χ1n) is 11.3. The van der Waals surface area contributed by atoms with E-state index >= 15 is 0 Å². The minimum Gasteiger partial charge on any atom is -0.356 e. The van der Waals surface area contributed by atoms with E-state index in [2.05, 4.69) is 39.2 Å². The zero-order valence-electron chi connectivity index (χ0n) is 18.4. The van der Waals surface area contributed by atoms with Gasteiger partial charge >= 0.3 is 0 Å². The lowest BCUT2D eigenvalue weighted by molar-refractivity contribution is -0.126. The smallest absolute Gasteiger partial charge is 0.223 e. The SMILES string of the molecule is CC(CCc1ccccc1)NC(=O)C1CCN(c2cc(-c3cccc(F)c3)ncn2)CC1. The van der Waals surface area contributed by atoms with E-state index in [0.717, 1.165) is 50.2 Å². The predicted octanol–water partition coefficient (Wildman–Crippen LogP) is 4.64. The molecule has 1 aliphatic heterocycles. The Balaban J connectivity index is 1.28. The monoisotopic (exact) mass is 432 g/mol. The molecule has 0 spiro atoms. The van der Waals surface area contributed by atoms with Gasteiger partial charge in [-0.2, -0.15) is 0 Å². The molecule has 1 atom stereocenters. The van der Waals surface area contributed by atoms with Gasteiger partial charge in [-0.25, -0.2) is 14.4 Å². The Labute approximate surface area is 188 Å². The first kappa shape index (κ1) is 21.9. The molecular formula is C26H29FN4O. The van der Waals surface area contributed by atoms with Gasteiger partial charge in [0.25, 0.3) is 0 Å². The number of halogens is 1. The highest BCUT2D eigenvalue weighted by Gasteiger charge is 2.26. The third-order valence-electron chi connectivity index (χ3n) is 6.06. The number of nitrogens with one attached hydrogen (secondary N) is 1. The summed E-state index contributed by atoms with van der Waals surface area (Å²) >= 11 is 0. The minimum atomic E-state index is -0.285. The molecule has 166 valence electrons. The van der Waals surface area contributed by atoms with Crippen molar-refractivity contribution in [3.8, 4) is 11.3 Å². The molecule has 6 heteroatoms. The van der Waals surface area contributed by atoms with Crippen molar-refractivity contribution in [3.05, 3.63) is 78.4 Å². The van der Waals surface area contributed by atoms with Crippen LogP contribution in [0.15, 0.2) is 67.0 Å². The van der Waals surface area contributed by atoms with Crippen LogP contribution < -0.4 is 10.2 Å². The van der Waals surface area contributed by atoms with Crippen LogP contribution in [0.2, 0.25) is 0 Å². The standard InChI is InChI=1S/C26H29FN4O/c1-19(10-11-20-6-3-2-4-7-20)30-26(32)21-12-14-31(15-13-21)25-17-24(28-18-29-25)22-8-5-9-23(27)16-22/h2-9,16-19,21H,10-15H2,1H3,(H,30,32). The fourth-order valence-corrected chi connectivity index (χ4v) is 4.16. The molecule has 0 saturated carbocycles. The van der Waals surface area contributed by atoms with E-state index in [1.165, 1.54) is 24.0 Å². The molecule has 1 aliphatic rings. The second-order valence-corrected chi connectivity index (χ2v) is 8.47. The number of aryl methyl sites for hydroxylation is 1. The van der Waals surface area contributed by atoms with E-state index in [1.807, 2.05) is 30.3 Å². The van der Waals surface area contributed by atoms with E-state index in [0.29, 0.717) is 5.69 Å². The molecule has 32 heavy (non-hydrogen) atoms. The summed E-state index contributed by atoms with van der Waals surface area (Å²) in [5.41, 5.74) is 2.72. The van der Waals surface area contributed by atoms with E-state index < -0.39 is 0 Å². The molecule has 3 aromatic rings. The van der Waals surface area contributed by atoms with E-state index in [4.69, 9.17) is 0 Å². The summed E-state index contributed by atoms with van der Waals surface area (Å²) < 4.78 is 13.6. The number of benzene rings is 2. The summed E-state index contributed by atoms with van der Waals surface area (Å²) in [6.07, 6.45) is 4.98. The van der Waals surface area contributed by atoms with Crippen LogP contribution in [0.25, 0.3) is 11.3 Å². The zero-order valence-corrected chi connectivity index (χ0v) is 18.4. The van der Waals surface area contributed by atoms with Crippen molar-refractivity contribution in [2.75, 3.05) is 18.0 Å². The van der Waals surface area contributed by atoms with Crippen molar-refractivity contribution in [1.29, 1.82) is 0 Å². The summed E-state index contributed by atoms with van der Waals surface area (Å²) in [5.74, 6) is 0.699. The Morgan fingerprint density at radius 1 is 1.09 bits per heavy atom. The molecule has 0 bridgehead atoms. The van der Waals surface area contributed by atoms with Crippen molar-refractivity contribution >= 4 is 11.7 Å². The van der Waals surface area contributed by atoms with Crippen LogP contribution in [0.1, 0.15) is 31.7 Å². The summed E-state index contributed by atoms with van der Waals surface area (Å²) in [6, 6.07) is 18.8. The normalized spacial score (nSPS) is 15.4. The van der Waals surface area contributed by atoms with Crippen LogP contribution in [0.4, 0.5) is 10.2 Å². The molecule has 4 rings (SSSR count). The van der Waals surface area contributed by atoms with Crippen molar-refractivity contribution in [2.24, 2.45) is 5.92 Å². The van der Waals surface area contributed by atoms with Crippen LogP contribution in [0, 0.1) is 11.7 Å². The topological polar surface area (TPSA) is 58.1 Å². The number of rotatable bonds is 7. The van der Waals surface area contributed by atoms with Crippen molar-refractivity contribution in [2.45, 2.75) is 38.6 Å². The minimum absolute atomic E-state index is 0.0231. The van der Waals surface area contributed by atoms with Gasteiger partial charge in [0, 0.05) is 36.7 Å². The molecule has 1 saturated heterocycles. The van der Waals surface area contributed by atoms with Crippen molar-refractivity contribution in [1.82, 2.24) is 15.3 Å². The molecule has 1 N–H and O–H groups in total. The van der Waals surface area contributed by atoms with E-state index in [-0.39, 0.29) is 23.7 Å². The Kier molecular flexibility index (Phi) is 7.10. The second kappa shape index (κ2) is 10.4. The average Bonchev–Trinajstić information content (AvgIpc) is 2.83. The molecule has 5 nitrogen and oxygen atoms in total. The summed E-state index contributed by atoms with van der Waals surface area (Å²) in [4.78, 5) is 23.6. The fraction of sp³-hybridized carbons (Fsp3) is 0.346. The number of hydrogen-bond acceptors (Lipinski definition) is 4. The maximum absolute atomic E-state index is 13.6. The van der Waals surface area contributed by atoms with Gasteiger partial charge in [-0.3, -0.25) is 4.79 Å². The molecule has 1 fully saturated rings. The quantitative estimate of drug-likeness (QED) is 0.591. The molecule has 2 heterocycles. The van der Waals surface area contributed by atoms with Gasteiger partial charge in [-0.05, 0) is 50.3 Å². The lowest BCUT2D eigenvalue weighted by Crippen LogP contribution is -2.43. The van der Waals surface area contributed by atoms with E-state index in [1.54, 1.807) is 6.07 Å². The third-order valence-corrected chi connectivity index (χ3v) is 6.06. The Hall–Kier alpha value is -3.28. The molecule has 2 aromatic carbocycles. The van der Waals surface area contributed by atoms with Gasteiger partial charge in [0.05, 0.1) is 5.69 Å². The predicted molar refractivity (Wildman–Crippen MR) is 125 cm³/mol. The summed E-state index contributed by atoms with van der Waals surface area (Å²) in [7, 11) is 0. The average molecular weight is 433 g/mol. The Morgan fingerprint density at radius 3 is 2.62 bits per heavy atom. The summed E-state index contributed by atoms with van der Waals surface area (Å²) in [5, 5.41) is 3.19. The number of carbonyl (C=O) groups excluding carboxylic acids is 1. The van der Waals surface area contributed by atoms with Gasteiger partial charge in [0.2, 0.25) is 5.91 Å². The number of piperidine rings is 1. The number of carbonyl (C=O) groups is 1. The number of nitrogens with zero attached hydrogens (tertiary/aromatic N) is 3. The molecule has 1 amide bonds. The van der Waals surface area contributed by atoms with Gasteiger partial charge in [-0.1, -0.05) is 42.5 Å². The van der Waals surface area contributed by atoms with Gasteiger partial charge in [0.15, 0.2) is 0 Å². The van der Waals surface area contributed by atoms with Gasteiger partial charge in [-0.15, -0.1) is 0 Å². The van der Waals surface area contributed by atoms with Crippen LogP contribution >= 0.6 is 0 Å². The highest BCUT2D eigenvalue weighted by molar-refractivity contribution is 5.79. The van der Waals surface area contributed by atoms with Crippen LogP contribution in [-0.4, -0.2) is 35.0 Å². The Morgan fingerprint density at radius 2 is 1.88 bits per heavy atom.